The third-order valence-electron chi connectivity index (χ3n) is 10.9. The predicted molar refractivity (Wildman–Crippen MR) is 186 cm³/mol. The second-order valence-electron chi connectivity index (χ2n) is 13.7. The summed E-state index contributed by atoms with van der Waals surface area (Å²) in [5, 5.41) is 86.7. The number of phenols is 8. The Balaban J connectivity index is 1.39. The van der Waals surface area contributed by atoms with Crippen LogP contribution in [0.1, 0.15) is 85.8 Å². The summed E-state index contributed by atoms with van der Waals surface area (Å²) in [6, 6.07) is 29.2. The summed E-state index contributed by atoms with van der Waals surface area (Å²) in [7, 11) is 0. The minimum atomic E-state index is -0.702. The number of fused-ring (bicyclic) bond motifs is 9. The molecular weight excluding hydrogens is 648 g/mol. The van der Waals surface area contributed by atoms with Gasteiger partial charge < -0.3 is 45.6 Å². The van der Waals surface area contributed by atoms with Crippen molar-refractivity contribution in [2.45, 2.75) is 35.7 Å². The first-order valence-corrected chi connectivity index (χ1v) is 16.6. The first kappa shape index (κ1) is 30.6. The molecule has 0 amide bonds. The largest absolute Gasteiger partial charge is 0.508 e. The Labute approximate surface area is 291 Å². The van der Waals surface area contributed by atoms with E-state index < -0.39 is 29.8 Å². The van der Waals surface area contributed by atoms with Crippen LogP contribution >= 0.6 is 0 Å². The monoisotopic (exact) mass is 680 g/mol. The minimum absolute atomic E-state index is 0.0379. The Morgan fingerprint density at radius 3 is 1.49 bits per heavy atom. The second kappa shape index (κ2) is 11.0. The van der Waals surface area contributed by atoms with E-state index in [-0.39, 0.29) is 51.9 Å². The van der Waals surface area contributed by atoms with Crippen LogP contribution in [0.2, 0.25) is 0 Å². The number of aromatic hydroxyl groups is 8. The zero-order chi connectivity index (χ0) is 35.3. The maximum atomic E-state index is 12.1. The molecule has 254 valence electrons. The van der Waals surface area contributed by atoms with Crippen LogP contribution in [0.4, 0.5) is 0 Å². The van der Waals surface area contributed by atoms with Gasteiger partial charge in [0.2, 0.25) is 0 Å². The fourth-order valence-electron chi connectivity index (χ4n) is 9.08. The van der Waals surface area contributed by atoms with Crippen molar-refractivity contribution in [1.29, 1.82) is 0 Å². The number of hydrogen-bond acceptors (Lipinski definition) is 9. The highest BCUT2D eigenvalue weighted by molar-refractivity contribution is 5.73. The Morgan fingerprint density at radius 2 is 0.882 bits per heavy atom. The second-order valence-corrected chi connectivity index (χ2v) is 13.7. The fraction of sp³-hybridized carbons (Fsp3) is 0.143. The predicted octanol–water partition coefficient (Wildman–Crippen LogP) is 7.76. The van der Waals surface area contributed by atoms with Crippen LogP contribution in [0, 0.1) is 0 Å². The van der Waals surface area contributed by atoms with Crippen molar-refractivity contribution in [3.8, 4) is 51.7 Å². The molecule has 0 aromatic heterocycles. The number of rotatable bonds is 4. The summed E-state index contributed by atoms with van der Waals surface area (Å²) in [5.41, 5.74) is 6.16. The lowest BCUT2D eigenvalue weighted by Gasteiger charge is -2.40. The molecule has 3 aliphatic rings. The van der Waals surface area contributed by atoms with Crippen molar-refractivity contribution in [2.24, 2.45) is 0 Å². The summed E-state index contributed by atoms with van der Waals surface area (Å²) >= 11 is 0. The molecule has 6 aromatic carbocycles. The highest BCUT2D eigenvalue weighted by atomic mass is 16.5. The van der Waals surface area contributed by atoms with Crippen LogP contribution in [-0.4, -0.2) is 40.9 Å². The molecule has 6 aromatic rings. The molecule has 0 spiro atoms. The average Bonchev–Trinajstić information content (AvgIpc) is 3.60. The van der Waals surface area contributed by atoms with Crippen molar-refractivity contribution in [3.63, 3.8) is 0 Å². The molecule has 51 heavy (non-hydrogen) atoms. The van der Waals surface area contributed by atoms with Gasteiger partial charge in [-0.25, -0.2) is 0 Å². The average molecular weight is 681 g/mol. The lowest BCUT2D eigenvalue weighted by Crippen LogP contribution is -2.26. The third-order valence-corrected chi connectivity index (χ3v) is 10.9. The maximum absolute atomic E-state index is 12.1. The Hall–Kier alpha value is -6.48. The smallest absolute Gasteiger partial charge is 0.135 e. The molecule has 1 aliphatic heterocycles. The number of hydrogen-bond donors (Lipinski definition) is 8. The van der Waals surface area contributed by atoms with E-state index >= 15 is 0 Å². The van der Waals surface area contributed by atoms with E-state index in [0.29, 0.717) is 33.6 Å². The minimum Gasteiger partial charge on any atom is -0.508 e. The van der Waals surface area contributed by atoms with Gasteiger partial charge in [0.05, 0.1) is 5.92 Å². The SMILES string of the molecule is Oc1ccc([C@H]2c3c(O)cc(O)cc3[C@@H]3c4c(O)cc5c(c4[C@H]2[C@@H]3c2ccc(O)cc2)[C@H](c2cc(O)cc(O)c2)[C@@H](c2ccc(O)cc2)O5)cc1. The topological polar surface area (TPSA) is 171 Å². The van der Waals surface area contributed by atoms with Crippen LogP contribution in [0.5, 0.6) is 51.7 Å². The van der Waals surface area contributed by atoms with Gasteiger partial charge in [0.15, 0.2) is 0 Å². The van der Waals surface area contributed by atoms with Crippen LogP contribution in [-0.2, 0) is 0 Å². The van der Waals surface area contributed by atoms with Crippen LogP contribution in [0.15, 0.2) is 109 Å². The summed E-state index contributed by atoms with van der Waals surface area (Å²) in [5.74, 6) is -2.56. The summed E-state index contributed by atoms with van der Waals surface area (Å²) in [6.07, 6.45) is -0.702. The van der Waals surface area contributed by atoms with E-state index in [9.17, 15) is 40.9 Å². The van der Waals surface area contributed by atoms with E-state index in [1.54, 1.807) is 84.9 Å². The van der Waals surface area contributed by atoms with E-state index in [0.717, 1.165) is 22.3 Å². The zero-order valence-corrected chi connectivity index (χ0v) is 26.8. The molecule has 9 rings (SSSR count). The van der Waals surface area contributed by atoms with Gasteiger partial charge in [-0.15, -0.1) is 0 Å². The fourth-order valence-corrected chi connectivity index (χ4v) is 9.08. The summed E-state index contributed by atoms with van der Waals surface area (Å²) in [6.45, 7) is 0. The van der Waals surface area contributed by atoms with Gasteiger partial charge >= 0.3 is 0 Å². The zero-order valence-electron chi connectivity index (χ0n) is 26.8. The molecule has 1 heterocycles. The normalized spacial score (nSPS) is 22.5. The van der Waals surface area contributed by atoms with Gasteiger partial charge in [0.1, 0.15) is 57.8 Å². The van der Waals surface area contributed by atoms with E-state index in [1.165, 1.54) is 12.1 Å². The molecule has 0 fully saturated rings. The molecule has 9 heteroatoms. The van der Waals surface area contributed by atoms with Crippen molar-refractivity contribution in [2.75, 3.05) is 0 Å². The number of benzene rings is 6. The van der Waals surface area contributed by atoms with Gasteiger partial charge in [-0.1, -0.05) is 36.4 Å². The van der Waals surface area contributed by atoms with Crippen molar-refractivity contribution in [1.82, 2.24) is 0 Å². The van der Waals surface area contributed by atoms with Gasteiger partial charge in [0, 0.05) is 58.6 Å². The van der Waals surface area contributed by atoms with Crippen LogP contribution < -0.4 is 4.74 Å². The molecular formula is C42H32O9. The van der Waals surface area contributed by atoms with Crippen molar-refractivity contribution >= 4 is 0 Å². The first-order valence-electron chi connectivity index (χ1n) is 16.6. The summed E-state index contributed by atoms with van der Waals surface area (Å²) in [4.78, 5) is 0. The molecule has 2 aliphatic carbocycles. The van der Waals surface area contributed by atoms with Gasteiger partial charge in [-0.05, 0) is 88.0 Å². The molecule has 9 nitrogen and oxygen atoms in total. The lowest BCUT2D eigenvalue weighted by molar-refractivity contribution is 0.221. The van der Waals surface area contributed by atoms with Crippen LogP contribution in [0.3, 0.4) is 0 Å². The quantitative estimate of drug-likeness (QED) is 0.0927. The van der Waals surface area contributed by atoms with E-state index in [1.807, 2.05) is 12.1 Å². The summed E-state index contributed by atoms with van der Waals surface area (Å²) < 4.78 is 6.71. The Morgan fingerprint density at radius 1 is 0.353 bits per heavy atom. The van der Waals surface area contributed by atoms with Gasteiger partial charge in [-0.3, -0.25) is 0 Å². The molecule has 0 saturated carbocycles. The van der Waals surface area contributed by atoms with E-state index in [2.05, 4.69) is 0 Å². The van der Waals surface area contributed by atoms with Gasteiger partial charge in [0.25, 0.3) is 0 Å². The Kier molecular flexibility index (Phi) is 6.60. The lowest BCUT2D eigenvalue weighted by atomic mass is 9.62. The number of ether oxygens (including phenoxy) is 1. The molecule has 0 unspecified atom stereocenters. The molecule has 0 radical (unpaired) electrons. The van der Waals surface area contributed by atoms with Crippen LogP contribution in [0.25, 0.3) is 0 Å². The standard InChI is InChI=1S/C42H32O9/c43-23-7-1-19(2-8-23)33-36-29(16-28(48)17-30(36)49)37-34(20-3-9-24(44)10-4-20)40(33)41-38(37)31(50)18-32-39(41)35(22-13-26(46)15-27(47)14-22)42(51-32)21-5-11-25(45)12-6-21/h1-18,33-35,37,40,42-50H/t33-,34+,35-,37-,40+,42+/m0/s1. The third kappa shape index (κ3) is 4.61. The Bertz CT molecular complexity index is 2330. The maximum Gasteiger partial charge on any atom is 0.135 e. The van der Waals surface area contributed by atoms with E-state index in [4.69, 9.17) is 4.74 Å². The molecule has 2 bridgehead atoms. The molecule has 6 atom stereocenters. The highest BCUT2D eigenvalue weighted by Gasteiger charge is 2.57. The first-order chi connectivity index (χ1) is 24.6. The van der Waals surface area contributed by atoms with Gasteiger partial charge in [-0.2, -0.15) is 0 Å². The molecule has 0 saturated heterocycles. The highest BCUT2D eigenvalue weighted by Crippen LogP contribution is 2.71. The van der Waals surface area contributed by atoms with Crippen molar-refractivity contribution in [3.05, 3.63) is 159 Å². The number of phenolic OH excluding ortho intramolecular Hbond substituents is 8. The van der Waals surface area contributed by atoms with Crippen molar-refractivity contribution < 1.29 is 45.6 Å². The molecule has 8 N–H and O–H groups in total.